The van der Waals surface area contributed by atoms with Crippen molar-refractivity contribution in [2.24, 2.45) is 0 Å². The average Bonchev–Trinajstić information content (AvgIpc) is 2.75. The first-order valence-electron chi connectivity index (χ1n) is 9.74. The summed E-state index contributed by atoms with van der Waals surface area (Å²) < 4.78 is 225. The molecule has 0 saturated heterocycles. The van der Waals surface area contributed by atoms with E-state index in [1.54, 1.807) is 6.07 Å². The molecule has 1 aromatic carbocycles. The molecule has 216 valence electrons. The van der Waals surface area contributed by atoms with E-state index in [1.165, 1.54) is 31.2 Å². The molecule has 1 aromatic rings. The monoisotopic (exact) mass is 581 g/mol. The fourth-order valence-corrected chi connectivity index (χ4v) is 2.84. The molecule has 1 rings (SSSR count). The van der Waals surface area contributed by atoms with Crippen LogP contribution in [0.5, 0.6) is 0 Å². The molecule has 1 nitrogen and oxygen atoms in total. The number of hydrogen-bond acceptors (Lipinski definition) is 1. The highest BCUT2D eigenvalue weighted by atomic mass is 19.4. The predicted octanol–water partition coefficient (Wildman–Crippen LogP) is 8.13. The number of hydrogen-bond donors (Lipinski definition) is 1. The molecule has 0 bridgehead atoms. The Labute approximate surface area is 197 Å². The number of rotatable bonds is 12. The number of halogens is 17. The second-order valence-electron chi connectivity index (χ2n) is 7.84. The van der Waals surface area contributed by atoms with Crippen LogP contribution < -0.4 is 5.32 Å². The molecule has 0 fully saturated rings. The van der Waals surface area contributed by atoms with Crippen molar-refractivity contribution < 1.29 is 74.6 Å². The van der Waals surface area contributed by atoms with Gasteiger partial charge in [0, 0.05) is 12.5 Å². The lowest BCUT2D eigenvalue weighted by Crippen LogP contribution is -2.74. The minimum Gasteiger partial charge on any atom is -0.310 e. The molecule has 0 aromatic heterocycles. The second kappa shape index (κ2) is 9.94. The molecular weight excluding hydrogens is 565 g/mol. The van der Waals surface area contributed by atoms with Crippen molar-refractivity contribution in [2.75, 3.05) is 6.54 Å². The normalized spacial score (nSPS) is 16.2. The van der Waals surface area contributed by atoms with Gasteiger partial charge in [-0.3, -0.25) is 0 Å². The molecule has 0 spiro atoms. The summed E-state index contributed by atoms with van der Waals surface area (Å²) in [7, 11) is 0. The Morgan fingerprint density at radius 2 is 0.946 bits per heavy atom. The van der Waals surface area contributed by atoms with Gasteiger partial charge in [0.25, 0.3) is 0 Å². The zero-order chi connectivity index (χ0) is 29.5. The maximum Gasteiger partial charge on any atom is 0.460 e. The molecule has 0 aliphatic heterocycles. The number of benzene rings is 1. The van der Waals surface area contributed by atoms with E-state index in [1.807, 2.05) is 0 Å². The van der Waals surface area contributed by atoms with Gasteiger partial charge in [-0.1, -0.05) is 30.3 Å². The summed E-state index contributed by atoms with van der Waals surface area (Å²) in [6.45, 7) is 0.742. The minimum atomic E-state index is -8.60. The molecule has 0 unspecified atom stereocenters. The smallest absolute Gasteiger partial charge is 0.310 e. The maximum atomic E-state index is 13.8. The van der Waals surface area contributed by atoms with Gasteiger partial charge in [-0.05, 0) is 25.5 Å². The summed E-state index contributed by atoms with van der Waals surface area (Å²) in [6.07, 6.45) is -11.4. The van der Waals surface area contributed by atoms with Gasteiger partial charge in [0.05, 0.1) is 0 Å². The Morgan fingerprint density at radius 3 is 1.35 bits per heavy atom. The topological polar surface area (TPSA) is 12.0 Å². The van der Waals surface area contributed by atoms with Crippen molar-refractivity contribution in [1.29, 1.82) is 0 Å². The van der Waals surface area contributed by atoms with Gasteiger partial charge in [0.2, 0.25) is 0 Å². The van der Waals surface area contributed by atoms with Crippen molar-refractivity contribution >= 4 is 0 Å². The zero-order valence-electron chi connectivity index (χ0n) is 18.0. The third-order valence-corrected chi connectivity index (χ3v) is 5.20. The fourth-order valence-electron chi connectivity index (χ4n) is 2.84. The SMILES string of the molecule is C[C@H](NCCCC(F)(F)C(F)(F)C(F)(F)C(F)(F)C(F)(F)C(F)(F)C(F)(F)C(F)(F)F)c1ccccc1. The first kappa shape index (κ1) is 33.0. The Hall–Kier alpha value is -2.01. The third kappa shape index (κ3) is 5.30. The molecule has 0 heterocycles. The van der Waals surface area contributed by atoms with Crippen LogP contribution in [0.25, 0.3) is 0 Å². The van der Waals surface area contributed by atoms with Crippen LogP contribution in [-0.2, 0) is 0 Å². The van der Waals surface area contributed by atoms with Crippen molar-refractivity contribution in [3.63, 3.8) is 0 Å². The highest BCUT2D eigenvalue weighted by molar-refractivity contribution is 5.18. The van der Waals surface area contributed by atoms with Crippen LogP contribution in [0, 0.1) is 0 Å². The van der Waals surface area contributed by atoms with E-state index in [4.69, 9.17) is 0 Å². The summed E-state index contributed by atoms with van der Waals surface area (Å²) in [5, 5.41) is 2.44. The van der Waals surface area contributed by atoms with Crippen LogP contribution in [-0.4, -0.2) is 54.2 Å². The second-order valence-corrected chi connectivity index (χ2v) is 7.84. The van der Waals surface area contributed by atoms with Gasteiger partial charge in [0.15, 0.2) is 0 Å². The molecule has 0 radical (unpaired) electrons. The average molecular weight is 581 g/mol. The zero-order valence-corrected chi connectivity index (χ0v) is 18.0. The molecule has 37 heavy (non-hydrogen) atoms. The Kier molecular flexibility index (Phi) is 8.87. The summed E-state index contributed by atoms with van der Waals surface area (Å²) >= 11 is 0. The van der Waals surface area contributed by atoms with Crippen molar-refractivity contribution in [2.45, 2.75) is 73.4 Å². The van der Waals surface area contributed by atoms with Gasteiger partial charge < -0.3 is 5.32 Å². The summed E-state index contributed by atoms with van der Waals surface area (Å²) in [5.41, 5.74) is 0.518. The van der Waals surface area contributed by atoms with E-state index < -0.39 is 73.1 Å². The third-order valence-electron chi connectivity index (χ3n) is 5.20. The standard InChI is InChI=1S/C19H16F17N/c1-10(11-6-3-2-4-7-11)37-9-5-8-12(20,21)13(22,23)14(24,25)15(26,27)16(28,29)17(30,31)18(32,33)19(34,35)36/h2-4,6-7,10,37H,5,8-9H2,1H3/t10-/m0/s1. The first-order valence-corrected chi connectivity index (χ1v) is 9.74. The predicted molar refractivity (Wildman–Crippen MR) is 92.8 cm³/mol. The van der Waals surface area contributed by atoms with Gasteiger partial charge in [-0.15, -0.1) is 0 Å². The molecule has 18 heteroatoms. The van der Waals surface area contributed by atoms with E-state index in [9.17, 15) is 74.6 Å². The highest BCUT2D eigenvalue weighted by Crippen LogP contribution is 2.64. The van der Waals surface area contributed by atoms with Gasteiger partial charge >= 0.3 is 47.6 Å². The summed E-state index contributed by atoms with van der Waals surface area (Å²) in [6, 6.07) is 7.03. The molecular formula is C19H16F17N. The number of alkyl halides is 17. The number of nitrogens with one attached hydrogen (secondary N) is 1. The lowest BCUT2D eigenvalue weighted by atomic mass is 9.88. The molecule has 0 saturated carbocycles. The quantitative estimate of drug-likeness (QED) is 0.194. The van der Waals surface area contributed by atoms with Gasteiger partial charge in [-0.25, -0.2) is 0 Å². The summed E-state index contributed by atoms with van der Waals surface area (Å²) in [4.78, 5) is 0. The van der Waals surface area contributed by atoms with Gasteiger partial charge in [0.1, 0.15) is 0 Å². The Bertz CT molecular complexity index is 892. The Morgan fingerprint density at radius 1 is 0.568 bits per heavy atom. The minimum absolute atomic E-state index is 0.518. The van der Waals surface area contributed by atoms with Crippen LogP contribution >= 0.6 is 0 Å². The molecule has 1 N–H and O–H groups in total. The molecule has 0 aliphatic carbocycles. The summed E-state index contributed by atoms with van der Waals surface area (Å²) in [5.74, 6) is -56.0. The lowest BCUT2D eigenvalue weighted by Gasteiger charge is -2.42. The van der Waals surface area contributed by atoms with E-state index in [2.05, 4.69) is 5.32 Å². The van der Waals surface area contributed by atoms with Crippen molar-refractivity contribution in [1.82, 2.24) is 5.32 Å². The highest BCUT2D eigenvalue weighted by Gasteiger charge is 2.95. The maximum absolute atomic E-state index is 13.8. The van der Waals surface area contributed by atoms with E-state index in [-0.39, 0.29) is 0 Å². The van der Waals surface area contributed by atoms with E-state index in [0.717, 1.165) is 0 Å². The molecule has 0 amide bonds. The van der Waals surface area contributed by atoms with Crippen LogP contribution in [0.4, 0.5) is 74.6 Å². The lowest BCUT2D eigenvalue weighted by molar-refractivity contribution is -0.461. The van der Waals surface area contributed by atoms with E-state index in [0.29, 0.717) is 5.56 Å². The fraction of sp³-hybridized carbons (Fsp3) is 0.684. The van der Waals surface area contributed by atoms with Crippen LogP contribution in [0.2, 0.25) is 0 Å². The van der Waals surface area contributed by atoms with Crippen molar-refractivity contribution in [3.05, 3.63) is 35.9 Å². The van der Waals surface area contributed by atoms with Crippen LogP contribution in [0.1, 0.15) is 31.4 Å². The molecule has 1 atom stereocenters. The van der Waals surface area contributed by atoms with Crippen LogP contribution in [0.15, 0.2) is 30.3 Å². The Balaban J connectivity index is 3.19. The first-order chi connectivity index (χ1) is 16.2. The van der Waals surface area contributed by atoms with Crippen LogP contribution in [0.3, 0.4) is 0 Å². The molecule has 0 aliphatic rings. The largest absolute Gasteiger partial charge is 0.460 e. The van der Waals surface area contributed by atoms with Crippen molar-refractivity contribution in [3.8, 4) is 0 Å². The van der Waals surface area contributed by atoms with Gasteiger partial charge in [-0.2, -0.15) is 74.6 Å². The van der Waals surface area contributed by atoms with E-state index >= 15 is 0 Å².